The number of allylic oxidation sites excluding steroid dienone is 1. The fourth-order valence-corrected chi connectivity index (χ4v) is 3.91. The summed E-state index contributed by atoms with van der Waals surface area (Å²) >= 11 is 0. The number of rotatable bonds is 5. The molecular formula is C17H31NO. The summed E-state index contributed by atoms with van der Waals surface area (Å²) in [6.07, 6.45) is 9.80. The zero-order valence-corrected chi connectivity index (χ0v) is 12.9. The monoisotopic (exact) mass is 265 g/mol. The number of aliphatic hydroxyl groups is 1. The van der Waals surface area contributed by atoms with Crippen LogP contribution in [0.5, 0.6) is 0 Å². The van der Waals surface area contributed by atoms with Crippen molar-refractivity contribution >= 4 is 0 Å². The van der Waals surface area contributed by atoms with Gasteiger partial charge in [-0.1, -0.05) is 31.9 Å². The molecule has 2 rings (SSSR count). The van der Waals surface area contributed by atoms with Crippen LogP contribution in [-0.4, -0.2) is 35.2 Å². The quantitative estimate of drug-likeness (QED) is 0.768. The molecule has 0 radical (unpaired) electrons. The second kappa shape index (κ2) is 6.90. The van der Waals surface area contributed by atoms with Crippen LogP contribution in [-0.2, 0) is 0 Å². The largest absolute Gasteiger partial charge is 0.393 e. The van der Waals surface area contributed by atoms with Gasteiger partial charge < -0.3 is 5.11 Å². The van der Waals surface area contributed by atoms with E-state index >= 15 is 0 Å². The first kappa shape index (κ1) is 15.1. The molecule has 2 heterocycles. The van der Waals surface area contributed by atoms with E-state index in [1.807, 2.05) is 6.92 Å². The van der Waals surface area contributed by atoms with Crippen molar-refractivity contribution in [3.63, 3.8) is 0 Å². The van der Waals surface area contributed by atoms with Crippen LogP contribution in [0.4, 0.5) is 0 Å². The maximum absolute atomic E-state index is 9.30. The van der Waals surface area contributed by atoms with Crippen LogP contribution in [0.2, 0.25) is 0 Å². The fraction of sp³-hybridized carbons (Fsp3) is 0.882. The van der Waals surface area contributed by atoms with E-state index in [-0.39, 0.29) is 6.10 Å². The lowest BCUT2D eigenvalue weighted by Gasteiger charge is -2.36. The smallest absolute Gasteiger partial charge is 0.0512 e. The van der Waals surface area contributed by atoms with Crippen molar-refractivity contribution in [3.8, 4) is 0 Å². The Hall–Kier alpha value is -0.340. The SMILES string of the molecule is CC(O)CCCC(C)/C=C1/CC(C)C2CCCN2C1. The molecule has 19 heavy (non-hydrogen) atoms. The third-order valence-electron chi connectivity index (χ3n) is 4.86. The molecule has 1 N–H and O–H groups in total. The highest BCUT2D eigenvalue weighted by atomic mass is 16.3. The molecule has 0 saturated carbocycles. The van der Waals surface area contributed by atoms with Crippen molar-refractivity contribution in [2.24, 2.45) is 11.8 Å². The lowest BCUT2D eigenvalue weighted by atomic mass is 9.86. The summed E-state index contributed by atoms with van der Waals surface area (Å²) in [5, 5.41) is 9.30. The van der Waals surface area contributed by atoms with Gasteiger partial charge in [0.1, 0.15) is 0 Å². The molecular weight excluding hydrogens is 234 g/mol. The van der Waals surface area contributed by atoms with Crippen LogP contribution in [0.25, 0.3) is 0 Å². The normalized spacial score (nSPS) is 33.4. The molecule has 2 aliphatic rings. The number of nitrogens with zero attached hydrogens (tertiary/aromatic N) is 1. The van der Waals surface area contributed by atoms with E-state index in [0.29, 0.717) is 5.92 Å². The molecule has 0 aliphatic carbocycles. The van der Waals surface area contributed by atoms with E-state index < -0.39 is 0 Å². The summed E-state index contributed by atoms with van der Waals surface area (Å²) < 4.78 is 0. The van der Waals surface area contributed by atoms with Gasteiger partial charge in [0.05, 0.1) is 6.10 Å². The van der Waals surface area contributed by atoms with Crippen LogP contribution in [0, 0.1) is 11.8 Å². The zero-order valence-electron chi connectivity index (χ0n) is 12.9. The number of aliphatic hydroxyl groups excluding tert-OH is 1. The number of hydrogen-bond acceptors (Lipinski definition) is 2. The Morgan fingerprint density at radius 2 is 2.16 bits per heavy atom. The summed E-state index contributed by atoms with van der Waals surface area (Å²) in [7, 11) is 0. The maximum Gasteiger partial charge on any atom is 0.0512 e. The van der Waals surface area contributed by atoms with E-state index in [1.54, 1.807) is 5.57 Å². The van der Waals surface area contributed by atoms with Gasteiger partial charge in [0, 0.05) is 12.6 Å². The molecule has 0 spiro atoms. The molecule has 110 valence electrons. The molecule has 2 nitrogen and oxygen atoms in total. The highest BCUT2D eigenvalue weighted by Gasteiger charge is 2.33. The highest BCUT2D eigenvalue weighted by Crippen LogP contribution is 2.34. The van der Waals surface area contributed by atoms with E-state index in [1.165, 1.54) is 38.8 Å². The minimum atomic E-state index is -0.139. The first-order valence-corrected chi connectivity index (χ1v) is 8.18. The molecule has 0 aromatic rings. The van der Waals surface area contributed by atoms with Gasteiger partial charge >= 0.3 is 0 Å². The lowest BCUT2D eigenvalue weighted by molar-refractivity contribution is 0.176. The number of hydrogen-bond donors (Lipinski definition) is 1. The van der Waals surface area contributed by atoms with Gasteiger partial charge in [-0.05, 0) is 57.4 Å². The van der Waals surface area contributed by atoms with Gasteiger partial charge in [0.15, 0.2) is 0 Å². The van der Waals surface area contributed by atoms with Crippen LogP contribution in [0.1, 0.15) is 59.3 Å². The Labute approximate surface area is 118 Å². The van der Waals surface area contributed by atoms with Gasteiger partial charge in [-0.3, -0.25) is 4.90 Å². The Morgan fingerprint density at radius 1 is 1.37 bits per heavy atom. The zero-order chi connectivity index (χ0) is 13.8. The minimum absolute atomic E-state index is 0.139. The number of piperidine rings is 1. The van der Waals surface area contributed by atoms with Crippen LogP contribution >= 0.6 is 0 Å². The van der Waals surface area contributed by atoms with Crippen molar-refractivity contribution in [3.05, 3.63) is 11.6 Å². The molecule has 0 bridgehead atoms. The molecule has 2 saturated heterocycles. The van der Waals surface area contributed by atoms with Crippen LogP contribution < -0.4 is 0 Å². The van der Waals surface area contributed by atoms with E-state index in [9.17, 15) is 5.11 Å². The van der Waals surface area contributed by atoms with E-state index in [4.69, 9.17) is 0 Å². The summed E-state index contributed by atoms with van der Waals surface area (Å²) in [4.78, 5) is 2.70. The lowest BCUT2D eigenvalue weighted by Crippen LogP contribution is -2.40. The molecule has 4 atom stereocenters. The first-order chi connectivity index (χ1) is 9.06. The predicted octanol–water partition coefficient (Wildman–Crippen LogP) is 3.60. The van der Waals surface area contributed by atoms with Crippen molar-refractivity contribution < 1.29 is 5.11 Å². The second-order valence-corrected chi connectivity index (χ2v) is 6.94. The molecule has 2 aliphatic heterocycles. The van der Waals surface area contributed by atoms with Gasteiger partial charge in [0.2, 0.25) is 0 Å². The summed E-state index contributed by atoms with van der Waals surface area (Å²) in [5.74, 6) is 1.51. The Bertz CT molecular complexity index is 310. The van der Waals surface area contributed by atoms with Crippen molar-refractivity contribution in [1.82, 2.24) is 4.90 Å². The summed E-state index contributed by atoms with van der Waals surface area (Å²) in [6, 6.07) is 0.864. The predicted molar refractivity (Wildman–Crippen MR) is 81.2 cm³/mol. The Morgan fingerprint density at radius 3 is 2.89 bits per heavy atom. The van der Waals surface area contributed by atoms with Gasteiger partial charge in [-0.15, -0.1) is 0 Å². The molecule has 0 aromatic carbocycles. The number of fused-ring (bicyclic) bond motifs is 1. The van der Waals surface area contributed by atoms with Crippen molar-refractivity contribution in [2.45, 2.75) is 71.4 Å². The van der Waals surface area contributed by atoms with Gasteiger partial charge in [-0.2, -0.15) is 0 Å². The third kappa shape index (κ3) is 4.32. The summed E-state index contributed by atoms with van der Waals surface area (Å²) in [5.41, 5.74) is 1.66. The Kier molecular flexibility index (Phi) is 5.47. The second-order valence-electron chi connectivity index (χ2n) is 6.94. The minimum Gasteiger partial charge on any atom is -0.393 e. The first-order valence-electron chi connectivity index (χ1n) is 8.18. The molecule has 0 amide bonds. The molecule has 4 unspecified atom stereocenters. The third-order valence-corrected chi connectivity index (χ3v) is 4.86. The van der Waals surface area contributed by atoms with Gasteiger partial charge in [0.25, 0.3) is 0 Å². The van der Waals surface area contributed by atoms with Gasteiger partial charge in [-0.25, -0.2) is 0 Å². The molecule has 2 fully saturated rings. The van der Waals surface area contributed by atoms with Crippen LogP contribution in [0.15, 0.2) is 11.6 Å². The molecule has 2 heteroatoms. The standard InChI is InChI=1S/C17H31NO/c1-13(6-4-7-15(3)19)10-16-11-14(2)17-8-5-9-18(17)12-16/h10,13-15,17,19H,4-9,11-12H2,1-3H3/b16-10-. The van der Waals surface area contributed by atoms with E-state index in [2.05, 4.69) is 24.8 Å². The highest BCUT2D eigenvalue weighted by molar-refractivity contribution is 5.13. The fourth-order valence-electron chi connectivity index (χ4n) is 3.91. The van der Waals surface area contributed by atoms with Crippen molar-refractivity contribution in [1.29, 1.82) is 0 Å². The molecule has 0 aromatic heterocycles. The van der Waals surface area contributed by atoms with E-state index in [0.717, 1.165) is 24.8 Å². The maximum atomic E-state index is 9.30. The Balaban J connectivity index is 1.81. The van der Waals surface area contributed by atoms with Crippen molar-refractivity contribution in [2.75, 3.05) is 13.1 Å². The average molecular weight is 265 g/mol. The topological polar surface area (TPSA) is 23.5 Å². The van der Waals surface area contributed by atoms with Crippen LogP contribution in [0.3, 0.4) is 0 Å². The average Bonchev–Trinajstić information content (AvgIpc) is 2.76. The summed E-state index contributed by atoms with van der Waals surface area (Å²) in [6.45, 7) is 9.17.